The van der Waals surface area contributed by atoms with Gasteiger partial charge in [0.15, 0.2) is 5.82 Å². The number of nitrogens with one attached hydrogen (secondary N) is 1. The van der Waals surface area contributed by atoms with Crippen LogP contribution in [0.4, 0.5) is 14.5 Å². The minimum atomic E-state index is -0.567. The van der Waals surface area contributed by atoms with Gasteiger partial charge in [-0.15, -0.1) is 0 Å². The number of methoxy groups -OCH3 is 1. The molecule has 0 aromatic heterocycles. The number of hydrogen-bond acceptors (Lipinski definition) is 4. The highest BCUT2D eigenvalue weighted by Crippen LogP contribution is 2.43. The van der Waals surface area contributed by atoms with Crippen LogP contribution in [0.25, 0.3) is 33.1 Å². The number of anilines is 1. The van der Waals surface area contributed by atoms with E-state index in [0.29, 0.717) is 47.7 Å². The van der Waals surface area contributed by atoms with Crippen molar-refractivity contribution in [2.45, 2.75) is 26.4 Å². The Morgan fingerprint density at radius 2 is 2.07 bits per heavy atom. The maximum atomic E-state index is 15.3. The van der Waals surface area contributed by atoms with E-state index in [2.05, 4.69) is 12.2 Å². The maximum Gasteiger partial charge on any atom is 0.150 e. The van der Waals surface area contributed by atoms with Crippen molar-refractivity contribution in [1.82, 2.24) is 14.9 Å². The Morgan fingerprint density at radius 1 is 1.23 bits per heavy atom. The van der Waals surface area contributed by atoms with Gasteiger partial charge in [-0.1, -0.05) is 0 Å². The van der Waals surface area contributed by atoms with Gasteiger partial charge in [-0.2, -0.15) is 0 Å². The number of pyridine rings is 1. The van der Waals surface area contributed by atoms with Crippen molar-refractivity contribution >= 4 is 27.5 Å². The number of hydrogen-bond donors (Lipinski definition) is 1. The molecular weight excluding hydrogens is 386 g/mol. The van der Waals surface area contributed by atoms with Gasteiger partial charge in [-0.3, -0.25) is 0 Å². The zero-order chi connectivity index (χ0) is 21.0. The molecule has 0 bridgehead atoms. The van der Waals surface area contributed by atoms with Gasteiger partial charge in [-0.05, 0) is 26.0 Å². The van der Waals surface area contributed by atoms with Crippen LogP contribution in [0, 0.1) is 11.6 Å². The Hall–Kier alpha value is -2.93. The van der Waals surface area contributed by atoms with Crippen LogP contribution in [0.2, 0.25) is 0 Å². The van der Waals surface area contributed by atoms with Crippen molar-refractivity contribution in [2.24, 2.45) is 0 Å². The average Bonchev–Trinajstić information content (AvgIpc) is 3.10. The fourth-order valence-electron chi connectivity index (χ4n) is 4.61. The highest BCUT2D eigenvalue weighted by Gasteiger charge is 2.28. The molecule has 0 amide bonds. The largest absolute Gasteiger partial charge is 0.497 e. The summed E-state index contributed by atoms with van der Waals surface area (Å²) < 4.78 is 37.5. The van der Waals surface area contributed by atoms with Gasteiger partial charge in [-0.25, -0.2) is 13.8 Å². The number of piperazine rings is 1. The highest BCUT2D eigenvalue weighted by molar-refractivity contribution is 6.11. The molecular formula is C23H24F2N4O. The topological polar surface area (TPSA) is 42.3 Å². The zero-order valence-electron chi connectivity index (χ0n) is 17.3. The minimum Gasteiger partial charge on any atom is -0.497 e. The first-order valence-electron chi connectivity index (χ1n) is 10.3. The van der Waals surface area contributed by atoms with Gasteiger partial charge in [0, 0.05) is 61.5 Å². The van der Waals surface area contributed by atoms with Crippen LogP contribution < -0.4 is 15.0 Å². The summed E-state index contributed by atoms with van der Waals surface area (Å²) in [5.74, 6) is -0.414. The summed E-state index contributed by atoms with van der Waals surface area (Å²) in [5.41, 5.74) is 3.09. The number of halogens is 2. The van der Waals surface area contributed by atoms with E-state index in [-0.39, 0.29) is 6.04 Å². The summed E-state index contributed by atoms with van der Waals surface area (Å²) in [5, 5.41) is 4.86. The van der Waals surface area contributed by atoms with Crippen molar-refractivity contribution in [3.63, 3.8) is 0 Å². The van der Waals surface area contributed by atoms with E-state index < -0.39 is 11.6 Å². The van der Waals surface area contributed by atoms with E-state index in [9.17, 15) is 0 Å². The van der Waals surface area contributed by atoms with Crippen LogP contribution in [0.3, 0.4) is 0 Å². The lowest BCUT2D eigenvalue weighted by atomic mass is 10.0. The molecule has 3 aliphatic heterocycles. The normalized spacial score (nSPS) is 17.4. The smallest absolute Gasteiger partial charge is 0.150 e. The fraction of sp³-hybridized carbons (Fsp3) is 0.348. The average molecular weight is 410 g/mol. The molecule has 3 aliphatic rings. The second-order valence-corrected chi connectivity index (χ2v) is 7.89. The summed E-state index contributed by atoms with van der Waals surface area (Å²) >= 11 is 0. The molecule has 2 aromatic rings. The van der Waals surface area contributed by atoms with Crippen LogP contribution in [-0.2, 0) is 6.54 Å². The first-order chi connectivity index (χ1) is 14.5. The minimum absolute atomic E-state index is 0.215. The van der Waals surface area contributed by atoms with Gasteiger partial charge in [0.2, 0.25) is 0 Å². The number of aryl methyl sites for hydroxylation is 1. The molecule has 2 aromatic carbocycles. The van der Waals surface area contributed by atoms with Crippen molar-refractivity contribution in [1.29, 1.82) is 0 Å². The third-order valence-electron chi connectivity index (χ3n) is 6.00. The first kappa shape index (κ1) is 19.1. The highest BCUT2D eigenvalue weighted by atomic mass is 19.1. The van der Waals surface area contributed by atoms with E-state index >= 15 is 8.78 Å². The Kier molecular flexibility index (Phi) is 4.50. The lowest BCUT2D eigenvalue weighted by Crippen LogP contribution is -2.49. The summed E-state index contributed by atoms with van der Waals surface area (Å²) in [6, 6.07) is 6.92. The van der Waals surface area contributed by atoms with Crippen molar-refractivity contribution < 1.29 is 13.5 Å². The van der Waals surface area contributed by atoms with E-state index in [1.807, 2.05) is 40.8 Å². The molecule has 1 unspecified atom stereocenters. The van der Waals surface area contributed by atoms with Crippen LogP contribution in [0.5, 0.6) is 5.75 Å². The predicted molar refractivity (Wildman–Crippen MR) is 116 cm³/mol. The summed E-state index contributed by atoms with van der Waals surface area (Å²) in [6.07, 6.45) is 1.92. The van der Waals surface area contributed by atoms with Gasteiger partial charge in [0.05, 0.1) is 34.9 Å². The molecule has 0 spiro atoms. The van der Waals surface area contributed by atoms with Crippen molar-refractivity contribution in [2.75, 3.05) is 31.6 Å². The third-order valence-corrected chi connectivity index (χ3v) is 6.00. The molecule has 1 fully saturated rings. The molecule has 5 nitrogen and oxygen atoms in total. The monoisotopic (exact) mass is 410 g/mol. The van der Waals surface area contributed by atoms with Gasteiger partial charge in [0.25, 0.3) is 0 Å². The second kappa shape index (κ2) is 7.09. The second-order valence-electron chi connectivity index (χ2n) is 7.89. The molecule has 5 rings (SSSR count). The molecule has 7 heteroatoms. The third kappa shape index (κ3) is 2.80. The Morgan fingerprint density at radius 3 is 2.80 bits per heavy atom. The zero-order valence-corrected chi connectivity index (χ0v) is 17.3. The molecule has 1 saturated heterocycles. The van der Waals surface area contributed by atoms with Crippen molar-refractivity contribution in [3.05, 3.63) is 42.1 Å². The molecule has 0 saturated carbocycles. The molecule has 1 N–H and O–H groups in total. The SMILES string of the molecule is CCn1cc2c3ccc(OC)cc3nc-2c2c(N3CCNC(C)C3)c(F)cc(F)c21. The van der Waals surface area contributed by atoms with Crippen LogP contribution in [0.15, 0.2) is 30.5 Å². The quantitative estimate of drug-likeness (QED) is 0.544. The number of rotatable bonds is 3. The number of aromatic nitrogens is 2. The molecule has 0 aliphatic carbocycles. The molecule has 156 valence electrons. The summed E-state index contributed by atoms with van der Waals surface area (Å²) in [6.45, 7) is 6.64. The van der Waals surface area contributed by atoms with E-state index in [4.69, 9.17) is 9.72 Å². The van der Waals surface area contributed by atoms with Crippen molar-refractivity contribution in [3.8, 4) is 17.0 Å². The Balaban J connectivity index is 1.91. The lowest BCUT2D eigenvalue weighted by molar-refractivity contribution is 0.415. The number of nitrogens with zero attached hydrogens (tertiary/aromatic N) is 3. The van der Waals surface area contributed by atoms with Gasteiger partial charge >= 0.3 is 0 Å². The Bertz CT molecular complexity index is 1240. The number of fused-ring (bicyclic) bond motifs is 5. The molecule has 30 heavy (non-hydrogen) atoms. The van der Waals surface area contributed by atoms with Gasteiger partial charge in [0.1, 0.15) is 11.6 Å². The van der Waals surface area contributed by atoms with Crippen LogP contribution >= 0.6 is 0 Å². The molecule has 1 atom stereocenters. The summed E-state index contributed by atoms with van der Waals surface area (Å²) in [7, 11) is 1.61. The van der Waals surface area contributed by atoms with Gasteiger partial charge < -0.3 is 19.5 Å². The molecule has 3 heterocycles. The lowest BCUT2D eigenvalue weighted by Gasteiger charge is -2.35. The fourth-order valence-corrected chi connectivity index (χ4v) is 4.61. The maximum absolute atomic E-state index is 15.3. The van der Waals surface area contributed by atoms with Crippen LogP contribution in [-0.4, -0.2) is 42.3 Å². The summed E-state index contributed by atoms with van der Waals surface area (Å²) in [4.78, 5) is 6.83. The molecule has 0 radical (unpaired) electrons. The van der Waals surface area contributed by atoms with E-state index in [1.165, 1.54) is 0 Å². The van der Waals surface area contributed by atoms with E-state index in [1.54, 1.807) is 7.11 Å². The number of ether oxygens (including phenoxy) is 1. The predicted octanol–water partition coefficient (Wildman–Crippen LogP) is 4.40. The first-order valence-corrected chi connectivity index (χ1v) is 10.3. The Labute approximate surface area is 173 Å². The number of benzene rings is 2. The standard InChI is InChI=1S/C23H24F2N4O/c1-4-28-12-16-15-6-5-14(30-3)9-19(15)27-21(16)20-22(28)17(24)10-18(25)23(20)29-8-7-26-13(2)11-29/h5-6,9-10,12-13,26H,4,7-8,11H2,1-3H3. The van der Waals surface area contributed by atoms with E-state index in [0.717, 1.165) is 29.1 Å². The van der Waals surface area contributed by atoms with Crippen LogP contribution in [0.1, 0.15) is 13.8 Å².